The van der Waals surface area contributed by atoms with Gasteiger partial charge in [0.2, 0.25) is 11.8 Å². The van der Waals surface area contributed by atoms with E-state index in [1.54, 1.807) is 0 Å². The first-order valence-electron chi connectivity index (χ1n) is 22.7. The molecule has 4 aliphatic heterocycles. The van der Waals surface area contributed by atoms with Crippen LogP contribution in [0.3, 0.4) is 0 Å². The molecule has 16 nitrogen and oxygen atoms in total. The Labute approximate surface area is 372 Å². The lowest BCUT2D eigenvalue weighted by Crippen LogP contribution is -2.54. The third-order valence-corrected chi connectivity index (χ3v) is 14.2. The van der Waals surface area contributed by atoms with Crippen molar-refractivity contribution in [2.75, 3.05) is 27.4 Å². The smallest absolute Gasteiger partial charge is 0.407 e. The van der Waals surface area contributed by atoms with Crippen molar-refractivity contribution in [1.82, 2.24) is 40.4 Å². The summed E-state index contributed by atoms with van der Waals surface area (Å²) in [5, 5.41) is 7.63. The Hall–Kier alpha value is -6.16. The minimum Gasteiger partial charge on any atom is -0.488 e. The van der Waals surface area contributed by atoms with Gasteiger partial charge >= 0.3 is 12.2 Å². The fourth-order valence-corrected chi connectivity index (χ4v) is 10.3. The van der Waals surface area contributed by atoms with E-state index in [2.05, 4.69) is 63.9 Å². The fraction of sp³-hybridized carbons (Fsp3) is 0.500. The predicted octanol–water partition coefficient (Wildman–Crippen LogP) is 7.69. The number of ether oxygens (including phenoxy) is 4. The quantitative estimate of drug-likeness (QED) is 0.108. The summed E-state index contributed by atoms with van der Waals surface area (Å²) in [4.78, 5) is 73.9. The Morgan fingerprint density at radius 1 is 0.828 bits per heavy atom. The Balaban J connectivity index is 0.963. The van der Waals surface area contributed by atoms with Gasteiger partial charge in [-0.3, -0.25) is 9.59 Å². The SMILES string of the molecule is CC[C@H](C)[C@H](NC(=O)OC)C(=O)N1[C@@H](C)CC[C@H]1c1ncc(-c2ccc3c(c2)COc2cc4c(ccc5nc([C@@H]6CC[C@H](C)N6C(=O)[C@@H](NC(=O)OC)C6CCOCC6)[nH]c54)cc2-3)[nH]1. The molecule has 3 aromatic carbocycles. The van der Waals surface area contributed by atoms with Crippen LogP contribution in [0.2, 0.25) is 0 Å². The van der Waals surface area contributed by atoms with Crippen molar-refractivity contribution in [3.05, 3.63) is 65.9 Å². The molecule has 4 amide bonds. The summed E-state index contributed by atoms with van der Waals surface area (Å²) in [7, 11) is 2.62. The summed E-state index contributed by atoms with van der Waals surface area (Å²) >= 11 is 0. The number of hydrogen-bond acceptors (Lipinski definition) is 10. The molecule has 7 atom stereocenters. The van der Waals surface area contributed by atoms with E-state index in [0.29, 0.717) is 38.5 Å². The van der Waals surface area contributed by atoms with Gasteiger partial charge in [0.25, 0.3) is 0 Å². The molecule has 0 radical (unpaired) electrons. The first kappa shape index (κ1) is 43.1. The number of carbonyl (C=O) groups excluding carboxylic acids is 4. The third-order valence-electron chi connectivity index (χ3n) is 14.2. The Morgan fingerprint density at radius 2 is 1.53 bits per heavy atom. The van der Waals surface area contributed by atoms with Gasteiger partial charge in [0.1, 0.15) is 36.1 Å². The van der Waals surface area contributed by atoms with E-state index in [1.807, 2.05) is 42.8 Å². The number of hydrogen-bond donors (Lipinski definition) is 4. The van der Waals surface area contributed by atoms with Crippen LogP contribution in [-0.2, 0) is 30.4 Å². The zero-order chi connectivity index (χ0) is 44.8. The number of aromatic nitrogens is 4. The van der Waals surface area contributed by atoms with Crippen molar-refractivity contribution in [2.24, 2.45) is 11.8 Å². The highest BCUT2D eigenvalue weighted by molar-refractivity contribution is 6.07. The highest BCUT2D eigenvalue weighted by Gasteiger charge is 2.44. The summed E-state index contributed by atoms with van der Waals surface area (Å²) < 4.78 is 21.8. The van der Waals surface area contributed by atoms with Crippen molar-refractivity contribution in [2.45, 2.75) is 115 Å². The van der Waals surface area contributed by atoms with E-state index in [9.17, 15) is 19.2 Å². The molecule has 0 unspecified atom stereocenters. The van der Waals surface area contributed by atoms with Gasteiger partial charge in [-0.15, -0.1) is 0 Å². The van der Waals surface area contributed by atoms with E-state index >= 15 is 0 Å². The van der Waals surface area contributed by atoms with Gasteiger partial charge in [-0.1, -0.05) is 38.5 Å². The molecule has 6 heterocycles. The molecule has 5 aromatic rings. The number of nitrogens with one attached hydrogen (secondary N) is 4. The van der Waals surface area contributed by atoms with Gasteiger partial charge in [-0.2, -0.15) is 0 Å². The maximum atomic E-state index is 14.4. The molecule has 4 aliphatic rings. The second-order valence-corrected chi connectivity index (χ2v) is 17.9. The third kappa shape index (κ3) is 7.90. The Morgan fingerprint density at radius 3 is 2.25 bits per heavy atom. The van der Waals surface area contributed by atoms with Crippen LogP contribution in [0.25, 0.3) is 44.2 Å². The monoisotopic (exact) mass is 874 g/mol. The number of H-pyrrole nitrogens is 2. The van der Waals surface area contributed by atoms with Gasteiger partial charge in [0.05, 0.1) is 49.2 Å². The van der Waals surface area contributed by atoms with Crippen molar-refractivity contribution in [3.63, 3.8) is 0 Å². The Kier molecular flexibility index (Phi) is 12.0. The van der Waals surface area contributed by atoms with E-state index in [4.69, 9.17) is 28.9 Å². The molecule has 0 saturated carbocycles. The molecular formula is C48H58N8O8. The van der Waals surface area contributed by atoms with E-state index in [-0.39, 0.29) is 47.8 Å². The van der Waals surface area contributed by atoms with Crippen molar-refractivity contribution < 1.29 is 38.1 Å². The summed E-state index contributed by atoms with van der Waals surface area (Å²) in [6, 6.07) is 12.7. The molecule has 64 heavy (non-hydrogen) atoms. The highest BCUT2D eigenvalue weighted by Crippen LogP contribution is 2.44. The Bertz CT molecular complexity index is 2580. The number of benzene rings is 3. The van der Waals surface area contributed by atoms with Crippen LogP contribution in [0.1, 0.15) is 102 Å². The van der Waals surface area contributed by atoms with Crippen LogP contribution in [-0.4, -0.2) is 105 Å². The van der Waals surface area contributed by atoms with Gasteiger partial charge in [0, 0.05) is 36.2 Å². The standard InChI is InChI=1S/C48H58N8O8/c1-7-25(2)40(53-47(59)61-5)45(57)55-26(3)8-14-37(55)43-49-23-36(51-43)30-10-12-32-31(20-30)24-64-39-22-33-29(21-34(32)39)11-13-35-42(33)52-44(50-35)38-15-9-27(4)56(38)46(58)41(54-48(60)62-6)28-16-18-63-19-17-28/h10-13,20-23,25-28,37-38,40-41H,7-9,14-19,24H2,1-6H3,(H,49,51)(H,50,52)(H,53,59)(H,54,60)/t25-,26-,27-,37-,38-,40-,41-/m0/s1. The molecule has 3 fully saturated rings. The van der Waals surface area contributed by atoms with Crippen LogP contribution >= 0.6 is 0 Å². The number of imidazole rings is 2. The van der Waals surface area contributed by atoms with Gasteiger partial charge < -0.3 is 49.3 Å². The second-order valence-electron chi connectivity index (χ2n) is 17.9. The van der Waals surface area contributed by atoms with Crippen LogP contribution in [0, 0.1) is 11.8 Å². The fourth-order valence-electron chi connectivity index (χ4n) is 10.3. The average Bonchev–Trinajstić information content (AvgIpc) is 4.14. The number of carbonyl (C=O) groups is 4. The zero-order valence-electron chi connectivity index (χ0n) is 37.4. The van der Waals surface area contributed by atoms with E-state index < -0.39 is 24.3 Å². The number of likely N-dealkylation sites (tertiary alicyclic amines) is 2. The van der Waals surface area contributed by atoms with E-state index in [0.717, 1.165) is 93.4 Å². The van der Waals surface area contributed by atoms with Crippen LogP contribution in [0.4, 0.5) is 9.59 Å². The first-order valence-corrected chi connectivity index (χ1v) is 22.7. The molecule has 4 N–H and O–H groups in total. The maximum Gasteiger partial charge on any atom is 0.407 e. The van der Waals surface area contributed by atoms with Crippen LogP contribution in [0.5, 0.6) is 5.75 Å². The number of amides is 4. The zero-order valence-corrected chi connectivity index (χ0v) is 37.4. The van der Waals surface area contributed by atoms with Gasteiger partial charge in [-0.25, -0.2) is 19.6 Å². The topological polar surface area (TPSA) is 193 Å². The van der Waals surface area contributed by atoms with Crippen molar-refractivity contribution in [3.8, 4) is 28.1 Å². The highest BCUT2D eigenvalue weighted by atomic mass is 16.5. The maximum absolute atomic E-state index is 14.4. The lowest BCUT2D eigenvalue weighted by molar-refractivity contribution is -0.139. The molecule has 0 spiro atoms. The minimum absolute atomic E-state index is 0.0174. The summed E-state index contributed by atoms with van der Waals surface area (Å²) in [5.74, 6) is 1.81. The largest absolute Gasteiger partial charge is 0.488 e. The molecular weight excluding hydrogens is 817 g/mol. The van der Waals surface area contributed by atoms with Gasteiger partial charge in [0.15, 0.2) is 0 Å². The lowest BCUT2D eigenvalue weighted by Gasteiger charge is -2.36. The predicted molar refractivity (Wildman–Crippen MR) is 239 cm³/mol. The number of fused-ring (bicyclic) bond motifs is 6. The van der Waals surface area contributed by atoms with Crippen molar-refractivity contribution in [1.29, 1.82) is 0 Å². The normalized spacial score (nSPS) is 22.3. The molecule has 9 rings (SSSR count). The molecule has 16 heteroatoms. The number of aromatic amines is 2. The lowest BCUT2D eigenvalue weighted by atomic mass is 9.90. The molecule has 0 bridgehead atoms. The number of rotatable bonds is 10. The molecule has 0 aliphatic carbocycles. The van der Waals surface area contributed by atoms with Crippen LogP contribution in [0.15, 0.2) is 48.7 Å². The molecule has 2 aromatic heterocycles. The van der Waals surface area contributed by atoms with E-state index in [1.165, 1.54) is 14.2 Å². The number of nitrogens with zero attached hydrogens (tertiary/aromatic N) is 4. The molecule has 338 valence electrons. The van der Waals surface area contributed by atoms with Crippen molar-refractivity contribution >= 4 is 45.8 Å². The average molecular weight is 875 g/mol. The second kappa shape index (κ2) is 17.8. The number of alkyl carbamates (subject to hydrolysis) is 2. The van der Waals surface area contributed by atoms with Gasteiger partial charge in [-0.05, 0) is 111 Å². The number of methoxy groups -OCH3 is 2. The van der Waals surface area contributed by atoms with Crippen LogP contribution < -0.4 is 15.4 Å². The first-order chi connectivity index (χ1) is 31.0. The molecule has 3 saturated heterocycles. The summed E-state index contributed by atoms with van der Waals surface area (Å²) in [6.45, 7) is 9.53. The summed E-state index contributed by atoms with van der Waals surface area (Å²) in [6.07, 6.45) is 5.79. The minimum atomic E-state index is -0.722. The summed E-state index contributed by atoms with van der Waals surface area (Å²) in [5.41, 5.74) is 6.60.